The Kier molecular flexibility index (Phi) is 6.01. The summed E-state index contributed by atoms with van der Waals surface area (Å²) in [6.45, 7) is 4.67. The van der Waals surface area contributed by atoms with Gasteiger partial charge in [-0.25, -0.2) is 0 Å². The fraction of sp³-hybridized carbons (Fsp3) is 0.0612. The van der Waals surface area contributed by atoms with Crippen LogP contribution in [0.4, 0.5) is 17.1 Å². The third-order valence-electron chi connectivity index (χ3n) is 11.3. The van der Waals surface area contributed by atoms with Gasteiger partial charge in [-0.05, 0) is 103 Å². The van der Waals surface area contributed by atoms with Crippen LogP contribution < -0.4 is 14.4 Å². The van der Waals surface area contributed by atoms with Crippen molar-refractivity contribution in [2.75, 3.05) is 4.90 Å². The Morgan fingerprint density at radius 1 is 0.423 bits per heavy atom. The normalized spacial score (nSPS) is 14.0. The lowest BCUT2D eigenvalue weighted by Gasteiger charge is -2.38. The van der Waals surface area contributed by atoms with Gasteiger partial charge in [0.2, 0.25) is 0 Å². The lowest BCUT2D eigenvalue weighted by Crippen LogP contribution is -2.20. The van der Waals surface area contributed by atoms with Crippen LogP contribution in [0.25, 0.3) is 55.3 Å². The van der Waals surface area contributed by atoms with E-state index in [1.54, 1.807) is 0 Å². The van der Waals surface area contributed by atoms with Crippen LogP contribution in [0, 0.1) is 0 Å². The van der Waals surface area contributed by atoms with Crippen molar-refractivity contribution < 1.29 is 9.47 Å². The van der Waals surface area contributed by atoms with Crippen molar-refractivity contribution in [3.8, 4) is 67.5 Å². The van der Waals surface area contributed by atoms with Gasteiger partial charge in [0, 0.05) is 5.41 Å². The summed E-state index contributed by atoms with van der Waals surface area (Å²) in [5.41, 5.74) is 15.4. The van der Waals surface area contributed by atoms with Gasteiger partial charge >= 0.3 is 0 Å². The highest BCUT2D eigenvalue weighted by atomic mass is 16.5. The number of nitrogens with zero attached hydrogens (tertiary/aromatic N) is 1. The standard InChI is InChI=1S/C49H33NO2/c1-49(2)39-16-6-5-13-38(39)47-37(15-8-17-40(47)49)32-22-20-30(21-23-32)33-24-26-41-45(28-33)51-43-18-9-19-44-48(43)50(41)42-27-25-34(29-46(42)52-44)36-14-7-11-31-10-3-4-12-35(31)36/h3-29H,1-2H3. The molecule has 0 fully saturated rings. The van der Waals surface area contributed by atoms with Gasteiger partial charge in [-0.2, -0.15) is 0 Å². The number of rotatable bonds is 3. The zero-order valence-corrected chi connectivity index (χ0v) is 28.9. The Morgan fingerprint density at radius 3 is 1.79 bits per heavy atom. The van der Waals surface area contributed by atoms with Crippen LogP contribution in [0.2, 0.25) is 0 Å². The second kappa shape index (κ2) is 10.7. The summed E-state index contributed by atoms with van der Waals surface area (Å²) in [6, 6.07) is 58.7. The van der Waals surface area contributed by atoms with Crippen LogP contribution in [-0.2, 0) is 5.41 Å². The van der Waals surface area contributed by atoms with Gasteiger partial charge in [-0.15, -0.1) is 0 Å². The maximum atomic E-state index is 6.62. The summed E-state index contributed by atoms with van der Waals surface area (Å²) in [5, 5.41) is 2.45. The highest BCUT2D eigenvalue weighted by molar-refractivity contribution is 5.99. The van der Waals surface area contributed by atoms with Crippen LogP contribution in [-0.4, -0.2) is 0 Å². The molecule has 0 amide bonds. The molecule has 3 heteroatoms. The molecule has 0 unspecified atom stereocenters. The van der Waals surface area contributed by atoms with Crippen molar-refractivity contribution in [3.63, 3.8) is 0 Å². The van der Waals surface area contributed by atoms with Crippen LogP contribution >= 0.6 is 0 Å². The van der Waals surface area contributed by atoms with Crippen molar-refractivity contribution in [1.29, 1.82) is 0 Å². The summed E-state index contributed by atoms with van der Waals surface area (Å²) in [6.07, 6.45) is 0. The third-order valence-corrected chi connectivity index (χ3v) is 11.3. The molecule has 8 aromatic carbocycles. The summed E-state index contributed by atoms with van der Waals surface area (Å²) in [5.74, 6) is 3.20. The molecular weight excluding hydrogens is 635 g/mol. The predicted octanol–water partition coefficient (Wildman–Crippen LogP) is 13.8. The number of hydrogen-bond donors (Lipinski definition) is 0. The first-order valence-electron chi connectivity index (χ1n) is 17.9. The average Bonchev–Trinajstić information content (AvgIpc) is 3.43. The fourth-order valence-corrected chi connectivity index (χ4v) is 8.72. The van der Waals surface area contributed by atoms with E-state index in [1.807, 2.05) is 18.2 Å². The predicted molar refractivity (Wildman–Crippen MR) is 213 cm³/mol. The molecule has 0 saturated carbocycles. The minimum absolute atomic E-state index is 0.0234. The average molecular weight is 668 g/mol. The highest BCUT2D eigenvalue weighted by Crippen LogP contribution is 2.60. The first kappa shape index (κ1) is 29.2. The first-order valence-corrected chi connectivity index (χ1v) is 17.9. The lowest BCUT2D eigenvalue weighted by molar-refractivity contribution is 0.446. The van der Waals surface area contributed by atoms with Gasteiger partial charge in [0.25, 0.3) is 0 Å². The van der Waals surface area contributed by atoms with E-state index in [1.165, 1.54) is 49.7 Å². The van der Waals surface area contributed by atoms with E-state index in [2.05, 4.69) is 164 Å². The molecule has 2 heterocycles. The number of benzene rings is 8. The van der Waals surface area contributed by atoms with E-state index in [0.717, 1.165) is 56.8 Å². The monoisotopic (exact) mass is 667 g/mol. The Morgan fingerprint density at radius 2 is 0.981 bits per heavy atom. The van der Waals surface area contributed by atoms with E-state index < -0.39 is 0 Å². The van der Waals surface area contributed by atoms with Gasteiger partial charge in [0.15, 0.2) is 23.0 Å². The molecular formula is C49H33NO2. The van der Waals surface area contributed by atoms with Gasteiger partial charge in [-0.1, -0.05) is 141 Å². The molecule has 8 aromatic rings. The number of fused-ring (bicyclic) bond motifs is 8. The summed E-state index contributed by atoms with van der Waals surface area (Å²) in [4.78, 5) is 2.29. The lowest BCUT2D eigenvalue weighted by atomic mass is 9.82. The molecule has 0 bridgehead atoms. The Balaban J connectivity index is 0.969. The molecule has 1 aliphatic carbocycles. The van der Waals surface area contributed by atoms with Crippen molar-refractivity contribution in [2.45, 2.75) is 19.3 Å². The summed E-state index contributed by atoms with van der Waals surface area (Å²) >= 11 is 0. The van der Waals surface area contributed by atoms with Crippen molar-refractivity contribution in [1.82, 2.24) is 0 Å². The number of ether oxygens (including phenoxy) is 2. The molecule has 52 heavy (non-hydrogen) atoms. The van der Waals surface area contributed by atoms with E-state index in [-0.39, 0.29) is 5.41 Å². The Labute approximate surface area is 303 Å². The summed E-state index contributed by atoms with van der Waals surface area (Å²) in [7, 11) is 0. The first-order chi connectivity index (χ1) is 25.5. The van der Waals surface area contributed by atoms with Gasteiger partial charge in [0.05, 0.1) is 11.4 Å². The summed E-state index contributed by atoms with van der Waals surface area (Å²) < 4.78 is 13.2. The molecule has 11 rings (SSSR count). The second-order valence-corrected chi connectivity index (χ2v) is 14.5. The maximum absolute atomic E-state index is 6.62. The molecule has 3 nitrogen and oxygen atoms in total. The SMILES string of the molecule is CC1(C)c2ccccc2-c2c(-c3ccc(-c4ccc5c(c4)Oc4cccc6c4N5c4ccc(-c5cccc7ccccc57)cc4O6)cc3)cccc21. The molecule has 2 aliphatic heterocycles. The molecule has 246 valence electrons. The minimum atomic E-state index is -0.0234. The minimum Gasteiger partial charge on any atom is -0.453 e. The molecule has 3 aliphatic rings. The van der Waals surface area contributed by atoms with Crippen molar-refractivity contribution in [3.05, 3.63) is 175 Å². The van der Waals surface area contributed by atoms with Crippen molar-refractivity contribution in [2.24, 2.45) is 0 Å². The van der Waals surface area contributed by atoms with E-state index in [0.29, 0.717) is 0 Å². The van der Waals surface area contributed by atoms with Gasteiger partial charge < -0.3 is 9.47 Å². The van der Waals surface area contributed by atoms with Crippen LogP contribution in [0.5, 0.6) is 23.0 Å². The topological polar surface area (TPSA) is 21.7 Å². The third kappa shape index (κ3) is 4.14. The zero-order valence-electron chi connectivity index (χ0n) is 28.9. The van der Waals surface area contributed by atoms with Crippen LogP contribution in [0.15, 0.2) is 164 Å². The van der Waals surface area contributed by atoms with Crippen LogP contribution in [0.3, 0.4) is 0 Å². The number of para-hydroxylation sites is 1. The molecule has 0 N–H and O–H groups in total. The molecule has 0 radical (unpaired) electrons. The van der Waals surface area contributed by atoms with Gasteiger partial charge in [-0.3, -0.25) is 4.90 Å². The smallest absolute Gasteiger partial charge is 0.155 e. The van der Waals surface area contributed by atoms with E-state index >= 15 is 0 Å². The number of anilines is 3. The second-order valence-electron chi connectivity index (χ2n) is 14.5. The molecule has 0 atom stereocenters. The maximum Gasteiger partial charge on any atom is 0.155 e. The highest BCUT2D eigenvalue weighted by Gasteiger charge is 2.37. The zero-order chi connectivity index (χ0) is 34.6. The molecule has 0 spiro atoms. The van der Waals surface area contributed by atoms with Gasteiger partial charge in [0.1, 0.15) is 5.69 Å². The molecule has 0 saturated heterocycles. The largest absolute Gasteiger partial charge is 0.453 e. The number of hydrogen-bond acceptors (Lipinski definition) is 3. The van der Waals surface area contributed by atoms with Crippen LogP contribution in [0.1, 0.15) is 25.0 Å². The van der Waals surface area contributed by atoms with E-state index in [9.17, 15) is 0 Å². The molecule has 0 aromatic heterocycles. The Hall–Kier alpha value is -6.58. The fourth-order valence-electron chi connectivity index (χ4n) is 8.72. The van der Waals surface area contributed by atoms with E-state index in [4.69, 9.17) is 9.47 Å². The quantitative estimate of drug-likeness (QED) is 0.187. The van der Waals surface area contributed by atoms with Crippen molar-refractivity contribution >= 4 is 27.8 Å². The Bertz CT molecular complexity index is 2770.